The average molecular weight is 281 g/mol. The number of anilines is 1. The van der Waals surface area contributed by atoms with E-state index in [2.05, 4.69) is 15.2 Å². The Morgan fingerprint density at radius 1 is 1.43 bits per heavy atom. The van der Waals surface area contributed by atoms with Gasteiger partial charge in [0, 0.05) is 31.5 Å². The predicted octanol–water partition coefficient (Wildman–Crippen LogP) is 1.04. The minimum Gasteiger partial charge on any atom is -0.384 e. The van der Waals surface area contributed by atoms with Crippen LogP contribution in [0.1, 0.15) is 11.1 Å². The Morgan fingerprint density at radius 2 is 2.29 bits per heavy atom. The van der Waals surface area contributed by atoms with Gasteiger partial charge < -0.3 is 10.6 Å². The van der Waals surface area contributed by atoms with Gasteiger partial charge in [0.1, 0.15) is 12.2 Å². The first-order chi connectivity index (χ1) is 10.1. The SMILES string of the molecule is CN(Cc1cccc(C(=N)N)c1)c1nccn2cnnc12. The molecule has 2 aromatic heterocycles. The summed E-state index contributed by atoms with van der Waals surface area (Å²) in [5, 5.41) is 15.5. The number of nitrogens with two attached hydrogens (primary N) is 1. The lowest BCUT2D eigenvalue weighted by Gasteiger charge is -2.18. The molecule has 7 heteroatoms. The van der Waals surface area contributed by atoms with Crippen LogP contribution in [0.5, 0.6) is 0 Å². The summed E-state index contributed by atoms with van der Waals surface area (Å²) >= 11 is 0. The highest BCUT2D eigenvalue weighted by Gasteiger charge is 2.10. The van der Waals surface area contributed by atoms with Crippen molar-refractivity contribution < 1.29 is 0 Å². The van der Waals surface area contributed by atoms with Crippen molar-refractivity contribution in [2.24, 2.45) is 5.73 Å². The summed E-state index contributed by atoms with van der Waals surface area (Å²) < 4.78 is 1.82. The maximum atomic E-state index is 7.50. The van der Waals surface area contributed by atoms with Gasteiger partial charge in [-0.1, -0.05) is 18.2 Å². The third-order valence-corrected chi connectivity index (χ3v) is 3.22. The molecule has 0 saturated heterocycles. The van der Waals surface area contributed by atoms with Crippen LogP contribution < -0.4 is 10.6 Å². The number of aromatic nitrogens is 4. The first-order valence-electron chi connectivity index (χ1n) is 6.44. The van der Waals surface area contributed by atoms with E-state index in [9.17, 15) is 0 Å². The lowest BCUT2D eigenvalue weighted by molar-refractivity contribution is 0.891. The molecule has 21 heavy (non-hydrogen) atoms. The van der Waals surface area contributed by atoms with Crippen molar-refractivity contribution >= 4 is 17.3 Å². The van der Waals surface area contributed by atoms with Crippen molar-refractivity contribution in [2.45, 2.75) is 6.54 Å². The minimum atomic E-state index is 0.0668. The van der Waals surface area contributed by atoms with E-state index in [0.717, 1.165) is 16.9 Å². The number of hydrogen-bond donors (Lipinski definition) is 2. The molecule has 2 heterocycles. The van der Waals surface area contributed by atoms with E-state index < -0.39 is 0 Å². The van der Waals surface area contributed by atoms with Crippen LogP contribution in [0.4, 0.5) is 5.82 Å². The van der Waals surface area contributed by atoms with Gasteiger partial charge >= 0.3 is 0 Å². The van der Waals surface area contributed by atoms with Crippen LogP contribution in [0.2, 0.25) is 0 Å². The molecule has 1 aromatic carbocycles. The maximum absolute atomic E-state index is 7.50. The summed E-state index contributed by atoms with van der Waals surface area (Å²) in [5.41, 5.74) is 8.00. The van der Waals surface area contributed by atoms with E-state index in [1.54, 1.807) is 12.5 Å². The molecule has 0 radical (unpaired) electrons. The Hall–Kier alpha value is -2.96. The molecule has 3 N–H and O–H groups in total. The molecule has 3 rings (SSSR count). The molecule has 0 aliphatic heterocycles. The lowest BCUT2D eigenvalue weighted by atomic mass is 10.1. The number of nitrogens with zero attached hydrogens (tertiary/aromatic N) is 5. The van der Waals surface area contributed by atoms with Crippen LogP contribution in [0, 0.1) is 5.41 Å². The lowest BCUT2D eigenvalue weighted by Crippen LogP contribution is -2.19. The zero-order valence-corrected chi connectivity index (χ0v) is 11.6. The number of nitrogens with one attached hydrogen (secondary N) is 1. The minimum absolute atomic E-state index is 0.0668. The monoisotopic (exact) mass is 281 g/mol. The Bertz CT molecular complexity index is 793. The number of fused-ring (bicyclic) bond motifs is 1. The van der Waals surface area contributed by atoms with Gasteiger partial charge in [0.25, 0.3) is 0 Å². The smallest absolute Gasteiger partial charge is 0.203 e. The van der Waals surface area contributed by atoms with Crippen LogP contribution in [0.3, 0.4) is 0 Å². The van der Waals surface area contributed by atoms with E-state index in [4.69, 9.17) is 11.1 Å². The number of benzene rings is 1. The number of nitrogen functional groups attached to an aromatic ring is 1. The topological polar surface area (TPSA) is 96.2 Å². The van der Waals surface area contributed by atoms with Crippen LogP contribution in [0.25, 0.3) is 5.65 Å². The standard InChI is InChI=1S/C14H15N7/c1-20(8-10-3-2-4-11(7-10)12(15)16)13-14-19-18-9-21(14)6-5-17-13/h2-7,9H,8H2,1H3,(H3,15,16). The van der Waals surface area contributed by atoms with Crippen molar-refractivity contribution in [3.63, 3.8) is 0 Å². The molecule has 0 fully saturated rings. The molecule has 0 bridgehead atoms. The third kappa shape index (κ3) is 2.53. The summed E-state index contributed by atoms with van der Waals surface area (Å²) in [5.74, 6) is 0.820. The van der Waals surface area contributed by atoms with Crippen LogP contribution in [-0.2, 0) is 6.54 Å². The van der Waals surface area contributed by atoms with E-state index in [-0.39, 0.29) is 5.84 Å². The molecule has 3 aromatic rings. The van der Waals surface area contributed by atoms with Gasteiger partial charge in [0.05, 0.1) is 0 Å². The quantitative estimate of drug-likeness (QED) is 0.550. The fourth-order valence-electron chi connectivity index (χ4n) is 2.20. The normalized spacial score (nSPS) is 10.7. The average Bonchev–Trinajstić information content (AvgIpc) is 2.95. The van der Waals surface area contributed by atoms with Gasteiger partial charge in [0.15, 0.2) is 5.82 Å². The van der Waals surface area contributed by atoms with E-state index in [1.165, 1.54) is 0 Å². The van der Waals surface area contributed by atoms with E-state index in [1.807, 2.05) is 46.8 Å². The molecule has 7 nitrogen and oxygen atoms in total. The van der Waals surface area contributed by atoms with Gasteiger partial charge in [-0.15, -0.1) is 10.2 Å². The maximum Gasteiger partial charge on any atom is 0.203 e. The van der Waals surface area contributed by atoms with Gasteiger partial charge in [-0.3, -0.25) is 9.81 Å². The highest BCUT2D eigenvalue weighted by Crippen LogP contribution is 2.17. The van der Waals surface area contributed by atoms with Gasteiger partial charge in [0.2, 0.25) is 5.65 Å². The number of rotatable bonds is 4. The molecule has 0 saturated carbocycles. The fourth-order valence-corrected chi connectivity index (χ4v) is 2.20. The summed E-state index contributed by atoms with van der Waals surface area (Å²) in [6.07, 6.45) is 5.17. The number of hydrogen-bond acceptors (Lipinski definition) is 5. The van der Waals surface area contributed by atoms with E-state index >= 15 is 0 Å². The second-order valence-corrected chi connectivity index (χ2v) is 4.78. The van der Waals surface area contributed by atoms with Crippen LogP contribution in [0.15, 0.2) is 43.0 Å². The van der Waals surface area contributed by atoms with Crippen molar-refractivity contribution in [1.29, 1.82) is 5.41 Å². The van der Waals surface area contributed by atoms with Crippen LogP contribution >= 0.6 is 0 Å². The number of amidine groups is 1. The first-order valence-corrected chi connectivity index (χ1v) is 6.44. The predicted molar refractivity (Wildman–Crippen MR) is 80.3 cm³/mol. The Morgan fingerprint density at radius 3 is 3.10 bits per heavy atom. The zero-order chi connectivity index (χ0) is 14.8. The molecule has 0 amide bonds. The van der Waals surface area contributed by atoms with Crippen molar-refractivity contribution in [3.8, 4) is 0 Å². The molecule has 0 unspecified atom stereocenters. The summed E-state index contributed by atoms with van der Waals surface area (Å²) in [6.45, 7) is 0.640. The highest BCUT2D eigenvalue weighted by molar-refractivity contribution is 5.95. The molecule has 0 spiro atoms. The van der Waals surface area contributed by atoms with Gasteiger partial charge in [-0.25, -0.2) is 4.98 Å². The Balaban J connectivity index is 1.89. The van der Waals surface area contributed by atoms with E-state index in [0.29, 0.717) is 12.2 Å². The van der Waals surface area contributed by atoms with Gasteiger partial charge in [-0.2, -0.15) is 0 Å². The largest absolute Gasteiger partial charge is 0.384 e. The summed E-state index contributed by atoms with van der Waals surface area (Å²) in [4.78, 5) is 6.36. The molecular formula is C14H15N7. The Kier molecular flexibility index (Phi) is 3.23. The molecule has 0 atom stereocenters. The fraction of sp³-hybridized carbons (Fsp3) is 0.143. The highest BCUT2D eigenvalue weighted by atomic mass is 15.3. The zero-order valence-electron chi connectivity index (χ0n) is 11.6. The van der Waals surface area contributed by atoms with Crippen molar-refractivity contribution in [3.05, 3.63) is 54.1 Å². The molecular weight excluding hydrogens is 266 g/mol. The summed E-state index contributed by atoms with van der Waals surface area (Å²) in [6, 6.07) is 7.62. The van der Waals surface area contributed by atoms with Crippen molar-refractivity contribution in [2.75, 3.05) is 11.9 Å². The first kappa shape index (κ1) is 13.0. The second-order valence-electron chi connectivity index (χ2n) is 4.78. The third-order valence-electron chi connectivity index (χ3n) is 3.22. The molecule has 0 aliphatic rings. The molecule has 106 valence electrons. The van der Waals surface area contributed by atoms with Crippen molar-refractivity contribution in [1.82, 2.24) is 19.6 Å². The Labute approximate surface area is 121 Å². The van der Waals surface area contributed by atoms with Crippen LogP contribution in [-0.4, -0.2) is 32.5 Å². The summed E-state index contributed by atoms with van der Waals surface area (Å²) in [7, 11) is 1.94. The second kappa shape index (κ2) is 5.20. The van der Waals surface area contributed by atoms with Gasteiger partial charge in [-0.05, 0) is 11.6 Å². The molecule has 0 aliphatic carbocycles.